The molecule has 0 amide bonds. The van der Waals surface area contributed by atoms with E-state index in [9.17, 15) is 4.39 Å². The van der Waals surface area contributed by atoms with Crippen LogP contribution >= 0.6 is 0 Å². The molecule has 2 rings (SSSR count). The first-order valence-electron chi connectivity index (χ1n) is 7.35. The Hall–Kier alpha value is -1.90. The minimum absolute atomic E-state index is 0.280. The molecule has 1 aromatic heterocycles. The summed E-state index contributed by atoms with van der Waals surface area (Å²) in [4.78, 5) is 4.16. The fraction of sp³-hybridized carbons (Fsp3) is 0.389. The molecule has 112 valence electrons. The zero-order valence-corrected chi connectivity index (χ0v) is 12.8. The first kappa shape index (κ1) is 15.5. The summed E-state index contributed by atoms with van der Waals surface area (Å²) in [5.74, 6) is 1.43. The van der Waals surface area contributed by atoms with E-state index in [2.05, 4.69) is 31.0 Å². The largest absolute Gasteiger partial charge is 0.497 e. The van der Waals surface area contributed by atoms with Crippen molar-refractivity contribution in [2.75, 3.05) is 7.11 Å². The van der Waals surface area contributed by atoms with Gasteiger partial charge in [0.2, 0.25) is 0 Å². The third-order valence-corrected chi connectivity index (χ3v) is 3.97. The lowest BCUT2D eigenvalue weighted by molar-refractivity contribution is 0.414. The Kier molecular flexibility index (Phi) is 5.32. The molecular weight excluding hydrogens is 265 g/mol. The molecule has 0 bridgehead atoms. The predicted molar refractivity (Wildman–Crippen MR) is 83.3 cm³/mol. The van der Waals surface area contributed by atoms with Crippen molar-refractivity contribution < 1.29 is 9.13 Å². The van der Waals surface area contributed by atoms with Crippen molar-refractivity contribution in [3.8, 4) is 5.75 Å². The van der Waals surface area contributed by atoms with Crippen molar-refractivity contribution in [3.05, 3.63) is 59.7 Å². The molecule has 3 heteroatoms. The van der Waals surface area contributed by atoms with Crippen LogP contribution in [0, 0.1) is 5.82 Å². The van der Waals surface area contributed by atoms with E-state index in [1.54, 1.807) is 13.2 Å². The highest BCUT2D eigenvalue weighted by molar-refractivity contribution is 5.29. The van der Waals surface area contributed by atoms with Crippen LogP contribution in [0.3, 0.4) is 0 Å². The smallest absolute Gasteiger partial charge is 0.141 e. The Bertz CT molecular complexity index is 550. The number of aromatic nitrogens is 1. The van der Waals surface area contributed by atoms with Crippen LogP contribution in [0.1, 0.15) is 49.8 Å². The van der Waals surface area contributed by atoms with Crippen molar-refractivity contribution in [2.45, 2.75) is 38.5 Å². The summed E-state index contributed by atoms with van der Waals surface area (Å²) in [7, 11) is 1.68. The van der Waals surface area contributed by atoms with Crippen molar-refractivity contribution in [2.24, 2.45) is 0 Å². The number of hydrogen-bond donors (Lipinski definition) is 0. The van der Waals surface area contributed by atoms with Gasteiger partial charge in [-0.2, -0.15) is 0 Å². The van der Waals surface area contributed by atoms with Gasteiger partial charge >= 0.3 is 0 Å². The summed E-state index contributed by atoms with van der Waals surface area (Å²) < 4.78 is 18.1. The number of hydrogen-bond acceptors (Lipinski definition) is 2. The number of benzene rings is 1. The third-order valence-electron chi connectivity index (χ3n) is 3.97. The van der Waals surface area contributed by atoms with E-state index < -0.39 is 0 Å². The van der Waals surface area contributed by atoms with Crippen LogP contribution in [0.4, 0.5) is 4.39 Å². The lowest BCUT2D eigenvalue weighted by atomic mass is 9.91. The van der Waals surface area contributed by atoms with E-state index in [0.29, 0.717) is 11.8 Å². The van der Waals surface area contributed by atoms with Gasteiger partial charge in [-0.15, -0.1) is 0 Å². The van der Waals surface area contributed by atoms with Crippen molar-refractivity contribution in [3.63, 3.8) is 0 Å². The standard InChI is InChI=1S/C18H22FNO/c1-13(15-6-9-17(21-3)10-7-15)4-5-14(2)18-11-8-16(19)12-20-18/h6-14H,4-5H2,1-3H3. The average Bonchev–Trinajstić information content (AvgIpc) is 2.53. The average molecular weight is 287 g/mol. The molecule has 2 nitrogen and oxygen atoms in total. The van der Waals surface area contributed by atoms with Gasteiger partial charge in [0.1, 0.15) is 11.6 Å². The first-order chi connectivity index (χ1) is 10.1. The Balaban J connectivity index is 1.90. The molecule has 2 atom stereocenters. The monoisotopic (exact) mass is 287 g/mol. The highest BCUT2D eigenvalue weighted by Gasteiger charge is 2.11. The number of pyridine rings is 1. The highest BCUT2D eigenvalue weighted by atomic mass is 19.1. The van der Waals surface area contributed by atoms with E-state index in [1.165, 1.54) is 17.8 Å². The van der Waals surface area contributed by atoms with Crippen LogP contribution in [0.25, 0.3) is 0 Å². The predicted octanol–water partition coefficient (Wildman–Crippen LogP) is 4.92. The van der Waals surface area contributed by atoms with Gasteiger partial charge in [0.25, 0.3) is 0 Å². The Labute approximate surface area is 126 Å². The Morgan fingerprint density at radius 2 is 1.67 bits per heavy atom. The molecule has 1 heterocycles. The molecule has 0 N–H and O–H groups in total. The summed E-state index contributed by atoms with van der Waals surface area (Å²) in [6, 6.07) is 11.5. The first-order valence-corrected chi connectivity index (χ1v) is 7.35. The molecular formula is C18H22FNO. The van der Waals surface area contributed by atoms with Gasteiger partial charge in [0.15, 0.2) is 0 Å². The summed E-state index contributed by atoms with van der Waals surface area (Å²) in [5.41, 5.74) is 2.27. The molecule has 2 unspecified atom stereocenters. The zero-order chi connectivity index (χ0) is 15.2. The lowest BCUT2D eigenvalue weighted by Crippen LogP contribution is -2.01. The molecule has 0 aliphatic carbocycles. The summed E-state index contributed by atoms with van der Waals surface area (Å²) >= 11 is 0. The maximum absolute atomic E-state index is 12.9. The van der Waals surface area contributed by atoms with Gasteiger partial charge in [-0.1, -0.05) is 26.0 Å². The fourth-order valence-electron chi connectivity index (χ4n) is 2.43. The summed E-state index contributed by atoms with van der Waals surface area (Å²) in [5, 5.41) is 0. The SMILES string of the molecule is COc1ccc(C(C)CCC(C)c2ccc(F)cn2)cc1. The molecule has 21 heavy (non-hydrogen) atoms. The molecule has 0 fully saturated rings. The molecule has 0 spiro atoms. The minimum atomic E-state index is -0.280. The Morgan fingerprint density at radius 3 is 2.24 bits per heavy atom. The summed E-state index contributed by atoms with van der Waals surface area (Å²) in [6.07, 6.45) is 3.40. The molecule has 0 aliphatic heterocycles. The van der Waals surface area contributed by atoms with Gasteiger partial charge in [0.05, 0.1) is 13.3 Å². The summed E-state index contributed by atoms with van der Waals surface area (Å²) in [6.45, 7) is 4.37. The number of halogens is 1. The van der Waals surface area contributed by atoms with Gasteiger partial charge in [-0.3, -0.25) is 4.98 Å². The normalized spacial score (nSPS) is 13.7. The lowest BCUT2D eigenvalue weighted by Gasteiger charge is -2.16. The van der Waals surface area contributed by atoms with Crippen LogP contribution in [-0.4, -0.2) is 12.1 Å². The zero-order valence-electron chi connectivity index (χ0n) is 12.8. The van der Waals surface area contributed by atoms with Gasteiger partial charge in [-0.05, 0) is 54.5 Å². The molecule has 0 saturated carbocycles. The van der Waals surface area contributed by atoms with E-state index in [1.807, 2.05) is 12.1 Å². The van der Waals surface area contributed by atoms with Crippen LogP contribution in [0.2, 0.25) is 0 Å². The molecule has 2 aromatic rings. The minimum Gasteiger partial charge on any atom is -0.497 e. The van der Waals surface area contributed by atoms with E-state index in [4.69, 9.17) is 4.74 Å². The fourth-order valence-corrected chi connectivity index (χ4v) is 2.43. The number of rotatable bonds is 6. The van der Waals surface area contributed by atoms with Gasteiger partial charge < -0.3 is 4.74 Å². The molecule has 1 aromatic carbocycles. The number of nitrogens with zero attached hydrogens (tertiary/aromatic N) is 1. The number of ether oxygens (including phenoxy) is 1. The van der Waals surface area contributed by atoms with Crippen LogP contribution in [0.5, 0.6) is 5.75 Å². The van der Waals surface area contributed by atoms with E-state index in [0.717, 1.165) is 24.3 Å². The molecule has 0 saturated heterocycles. The van der Waals surface area contributed by atoms with Crippen LogP contribution < -0.4 is 4.74 Å². The third kappa shape index (κ3) is 4.28. The van der Waals surface area contributed by atoms with Crippen LogP contribution in [-0.2, 0) is 0 Å². The quantitative estimate of drug-likeness (QED) is 0.752. The maximum Gasteiger partial charge on any atom is 0.141 e. The second kappa shape index (κ2) is 7.21. The second-order valence-electron chi connectivity index (χ2n) is 5.55. The maximum atomic E-state index is 12.9. The number of methoxy groups -OCH3 is 1. The van der Waals surface area contributed by atoms with E-state index in [-0.39, 0.29) is 5.82 Å². The molecule has 0 aliphatic rings. The molecule has 0 radical (unpaired) electrons. The van der Waals surface area contributed by atoms with Crippen molar-refractivity contribution in [1.29, 1.82) is 0 Å². The van der Waals surface area contributed by atoms with E-state index >= 15 is 0 Å². The second-order valence-corrected chi connectivity index (χ2v) is 5.55. The van der Waals surface area contributed by atoms with Crippen LogP contribution in [0.15, 0.2) is 42.6 Å². The van der Waals surface area contributed by atoms with Gasteiger partial charge in [0, 0.05) is 5.69 Å². The Morgan fingerprint density at radius 1 is 1.00 bits per heavy atom. The van der Waals surface area contributed by atoms with Gasteiger partial charge in [-0.25, -0.2) is 4.39 Å². The van der Waals surface area contributed by atoms with Crippen molar-refractivity contribution >= 4 is 0 Å². The van der Waals surface area contributed by atoms with Crippen molar-refractivity contribution in [1.82, 2.24) is 4.98 Å². The highest BCUT2D eigenvalue weighted by Crippen LogP contribution is 2.27. The topological polar surface area (TPSA) is 22.1 Å².